The summed E-state index contributed by atoms with van der Waals surface area (Å²) in [4.78, 5) is 8.10. The third-order valence-electron chi connectivity index (χ3n) is 2.44. The molecule has 0 spiro atoms. The van der Waals surface area contributed by atoms with Crippen LogP contribution in [0.3, 0.4) is 0 Å². The SMILES string of the molecule is FC(F)c1nnc(-c2cnc(NC3CC3)nc2)o1. The molecule has 2 aromatic rings. The molecule has 1 saturated carbocycles. The molecule has 2 aromatic heterocycles. The van der Waals surface area contributed by atoms with E-state index in [1.807, 2.05) is 0 Å². The van der Waals surface area contributed by atoms with Crippen molar-refractivity contribution in [3.05, 3.63) is 18.3 Å². The Morgan fingerprint density at radius 3 is 2.50 bits per heavy atom. The topological polar surface area (TPSA) is 76.7 Å². The number of anilines is 1. The van der Waals surface area contributed by atoms with Gasteiger partial charge in [0.05, 0.1) is 5.56 Å². The minimum Gasteiger partial charge on any atom is -0.415 e. The summed E-state index contributed by atoms with van der Waals surface area (Å²) in [5.74, 6) is -0.205. The summed E-state index contributed by atoms with van der Waals surface area (Å²) < 4.78 is 29.3. The van der Waals surface area contributed by atoms with Gasteiger partial charge >= 0.3 is 6.43 Å². The second-order valence-corrected chi connectivity index (χ2v) is 3.96. The van der Waals surface area contributed by atoms with Gasteiger partial charge in [0.15, 0.2) is 0 Å². The third kappa shape index (κ3) is 2.27. The fourth-order valence-corrected chi connectivity index (χ4v) is 1.36. The number of nitrogens with zero attached hydrogens (tertiary/aromatic N) is 4. The summed E-state index contributed by atoms with van der Waals surface area (Å²) in [7, 11) is 0. The van der Waals surface area contributed by atoms with Gasteiger partial charge in [0, 0.05) is 18.4 Å². The molecule has 1 aliphatic rings. The maximum absolute atomic E-state index is 12.3. The Morgan fingerprint density at radius 1 is 1.22 bits per heavy atom. The van der Waals surface area contributed by atoms with Gasteiger partial charge in [0.1, 0.15) is 0 Å². The molecule has 6 nitrogen and oxygen atoms in total. The zero-order chi connectivity index (χ0) is 12.5. The van der Waals surface area contributed by atoms with Crippen LogP contribution in [0.25, 0.3) is 11.5 Å². The van der Waals surface area contributed by atoms with E-state index in [1.54, 1.807) is 0 Å². The van der Waals surface area contributed by atoms with E-state index in [1.165, 1.54) is 12.4 Å². The normalized spacial score (nSPS) is 15.1. The lowest BCUT2D eigenvalue weighted by molar-refractivity contribution is 0.116. The first-order valence-electron chi connectivity index (χ1n) is 5.43. The van der Waals surface area contributed by atoms with Crippen molar-refractivity contribution in [1.29, 1.82) is 0 Å². The van der Waals surface area contributed by atoms with Crippen LogP contribution < -0.4 is 5.32 Å². The number of hydrogen-bond acceptors (Lipinski definition) is 6. The van der Waals surface area contributed by atoms with Crippen molar-refractivity contribution in [1.82, 2.24) is 20.2 Å². The lowest BCUT2D eigenvalue weighted by Gasteiger charge is -2.01. The van der Waals surface area contributed by atoms with Gasteiger partial charge in [0.2, 0.25) is 5.95 Å². The molecule has 0 atom stereocenters. The second kappa shape index (κ2) is 4.28. The molecule has 0 saturated heterocycles. The first kappa shape index (κ1) is 11.0. The number of rotatable bonds is 4. The predicted octanol–water partition coefficient (Wildman–Crippen LogP) is 2.04. The maximum atomic E-state index is 12.3. The van der Waals surface area contributed by atoms with Crippen LogP contribution in [0.2, 0.25) is 0 Å². The molecule has 0 radical (unpaired) electrons. The lowest BCUT2D eigenvalue weighted by Crippen LogP contribution is -2.04. The van der Waals surface area contributed by atoms with Crippen LogP contribution in [-0.4, -0.2) is 26.2 Å². The summed E-state index contributed by atoms with van der Waals surface area (Å²) in [5.41, 5.74) is 0.413. The van der Waals surface area contributed by atoms with E-state index in [-0.39, 0.29) is 5.89 Å². The Labute approximate surface area is 100 Å². The van der Waals surface area contributed by atoms with E-state index in [0.717, 1.165) is 12.8 Å². The first-order chi connectivity index (χ1) is 8.72. The number of halogens is 2. The van der Waals surface area contributed by atoms with Crippen molar-refractivity contribution in [2.24, 2.45) is 0 Å². The van der Waals surface area contributed by atoms with Crippen LogP contribution in [0.1, 0.15) is 25.2 Å². The molecule has 0 amide bonds. The number of nitrogens with one attached hydrogen (secondary N) is 1. The van der Waals surface area contributed by atoms with E-state index in [2.05, 4.69) is 25.5 Å². The van der Waals surface area contributed by atoms with E-state index in [0.29, 0.717) is 17.6 Å². The highest BCUT2D eigenvalue weighted by molar-refractivity contribution is 5.50. The molecule has 94 valence electrons. The predicted molar refractivity (Wildman–Crippen MR) is 56.9 cm³/mol. The maximum Gasteiger partial charge on any atom is 0.314 e. The van der Waals surface area contributed by atoms with Gasteiger partial charge < -0.3 is 9.73 Å². The van der Waals surface area contributed by atoms with Crippen molar-refractivity contribution in [3.8, 4) is 11.5 Å². The Kier molecular flexibility index (Phi) is 2.62. The van der Waals surface area contributed by atoms with E-state index in [4.69, 9.17) is 4.42 Å². The fraction of sp³-hybridized carbons (Fsp3) is 0.400. The lowest BCUT2D eigenvalue weighted by atomic mass is 10.3. The van der Waals surface area contributed by atoms with Gasteiger partial charge in [0.25, 0.3) is 11.8 Å². The first-order valence-corrected chi connectivity index (χ1v) is 5.43. The van der Waals surface area contributed by atoms with E-state index < -0.39 is 12.3 Å². The van der Waals surface area contributed by atoms with Gasteiger partial charge in [-0.1, -0.05) is 0 Å². The monoisotopic (exact) mass is 253 g/mol. The standard InChI is InChI=1S/C10H9F2N5O/c11-7(12)9-17-16-8(18-9)5-3-13-10(14-4-5)15-6-1-2-6/h3-4,6-7H,1-2H2,(H,13,14,15). The van der Waals surface area contributed by atoms with Gasteiger partial charge in [-0.2, -0.15) is 8.78 Å². The molecular formula is C10H9F2N5O. The molecule has 0 unspecified atom stereocenters. The molecule has 3 rings (SSSR count). The molecular weight excluding hydrogens is 244 g/mol. The van der Waals surface area contributed by atoms with Gasteiger partial charge in [-0.25, -0.2) is 9.97 Å². The fourth-order valence-electron chi connectivity index (χ4n) is 1.36. The minimum absolute atomic E-state index is 0.0109. The van der Waals surface area contributed by atoms with E-state index >= 15 is 0 Å². The smallest absolute Gasteiger partial charge is 0.314 e. The molecule has 1 aliphatic carbocycles. The van der Waals surface area contributed by atoms with Crippen molar-refractivity contribution >= 4 is 5.95 Å². The molecule has 0 aromatic carbocycles. The highest BCUT2D eigenvalue weighted by Gasteiger charge is 2.22. The largest absolute Gasteiger partial charge is 0.415 e. The zero-order valence-corrected chi connectivity index (χ0v) is 9.18. The number of alkyl halides is 2. The molecule has 1 fully saturated rings. The third-order valence-corrected chi connectivity index (χ3v) is 2.44. The van der Waals surface area contributed by atoms with Crippen LogP contribution in [0.15, 0.2) is 16.8 Å². The van der Waals surface area contributed by atoms with Gasteiger partial charge in [-0.15, -0.1) is 10.2 Å². The summed E-state index contributed by atoms with van der Waals surface area (Å²) >= 11 is 0. The molecule has 0 bridgehead atoms. The van der Waals surface area contributed by atoms with Crippen LogP contribution in [-0.2, 0) is 0 Å². The van der Waals surface area contributed by atoms with Crippen molar-refractivity contribution in [3.63, 3.8) is 0 Å². The van der Waals surface area contributed by atoms with Crippen molar-refractivity contribution in [2.75, 3.05) is 5.32 Å². The molecule has 18 heavy (non-hydrogen) atoms. The number of hydrogen-bond donors (Lipinski definition) is 1. The molecule has 8 heteroatoms. The summed E-state index contributed by atoms with van der Waals surface area (Å²) in [6, 6.07) is 0.449. The van der Waals surface area contributed by atoms with Crippen molar-refractivity contribution < 1.29 is 13.2 Å². The molecule has 0 aliphatic heterocycles. The van der Waals surface area contributed by atoms with E-state index in [9.17, 15) is 8.78 Å². The Hall–Kier alpha value is -2.12. The second-order valence-electron chi connectivity index (χ2n) is 3.96. The summed E-state index contributed by atoms with van der Waals surface area (Å²) in [6.45, 7) is 0. The van der Waals surface area contributed by atoms with Gasteiger partial charge in [-0.3, -0.25) is 0 Å². The summed E-state index contributed by atoms with van der Waals surface area (Å²) in [5, 5.41) is 9.86. The number of aromatic nitrogens is 4. The molecule has 1 N–H and O–H groups in total. The molecule has 2 heterocycles. The highest BCUT2D eigenvalue weighted by atomic mass is 19.3. The van der Waals surface area contributed by atoms with Gasteiger partial charge in [-0.05, 0) is 12.8 Å². The van der Waals surface area contributed by atoms with Crippen LogP contribution in [0.5, 0.6) is 0 Å². The minimum atomic E-state index is -2.78. The van der Waals surface area contributed by atoms with Crippen molar-refractivity contribution in [2.45, 2.75) is 25.3 Å². The van der Waals surface area contributed by atoms with Crippen LogP contribution in [0.4, 0.5) is 14.7 Å². The van der Waals surface area contributed by atoms with Crippen LogP contribution >= 0.6 is 0 Å². The average Bonchev–Trinajstić information content (AvgIpc) is 3.04. The Morgan fingerprint density at radius 2 is 1.94 bits per heavy atom. The van der Waals surface area contributed by atoms with Crippen LogP contribution in [0, 0.1) is 0 Å². The zero-order valence-electron chi connectivity index (χ0n) is 9.18. The Bertz CT molecular complexity index is 537. The Balaban J connectivity index is 1.77. The quantitative estimate of drug-likeness (QED) is 0.898. The average molecular weight is 253 g/mol. The highest BCUT2D eigenvalue weighted by Crippen LogP contribution is 2.24. The summed E-state index contributed by atoms with van der Waals surface area (Å²) in [6.07, 6.45) is 2.38.